The predicted molar refractivity (Wildman–Crippen MR) is 76.0 cm³/mol. The summed E-state index contributed by atoms with van der Waals surface area (Å²) in [6.07, 6.45) is -1.49. The van der Waals surface area contributed by atoms with Crippen LogP contribution in [0.5, 0.6) is 5.88 Å². The molecule has 0 spiro atoms. The lowest BCUT2D eigenvalue weighted by atomic mass is 9.91. The maximum atomic E-state index is 12.3. The van der Waals surface area contributed by atoms with E-state index in [9.17, 15) is 18.3 Å². The van der Waals surface area contributed by atoms with Crippen molar-refractivity contribution in [2.75, 3.05) is 6.61 Å². The van der Waals surface area contributed by atoms with Gasteiger partial charge in [-0.3, -0.25) is 0 Å². The van der Waals surface area contributed by atoms with Gasteiger partial charge in [0.15, 0.2) is 6.61 Å². The highest BCUT2D eigenvalue weighted by Crippen LogP contribution is 2.35. The Kier molecular flexibility index (Phi) is 4.49. The van der Waals surface area contributed by atoms with Gasteiger partial charge in [-0.25, -0.2) is 9.97 Å². The SMILES string of the molecule is CCC(C)(O)c1cnc(OCC(F)(F)F)c2cnc(Cl)cc12. The van der Waals surface area contributed by atoms with Gasteiger partial charge >= 0.3 is 6.18 Å². The van der Waals surface area contributed by atoms with E-state index in [1.165, 1.54) is 18.5 Å². The van der Waals surface area contributed by atoms with Gasteiger partial charge in [0.05, 0.1) is 11.0 Å². The van der Waals surface area contributed by atoms with Crippen LogP contribution < -0.4 is 4.74 Å². The number of halogens is 4. The third-order valence-electron chi connectivity index (χ3n) is 3.34. The van der Waals surface area contributed by atoms with Crippen LogP contribution in [0.2, 0.25) is 5.15 Å². The number of aromatic nitrogens is 2. The van der Waals surface area contributed by atoms with E-state index in [4.69, 9.17) is 16.3 Å². The summed E-state index contributed by atoms with van der Waals surface area (Å²) in [5, 5.41) is 11.3. The fourth-order valence-electron chi connectivity index (χ4n) is 1.97. The number of alkyl halides is 3. The molecule has 0 fully saturated rings. The number of rotatable bonds is 4. The molecule has 120 valence electrons. The third-order valence-corrected chi connectivity index (χ3v) is 3.55. The number of nitrogens with zero attached hydrogens (tertiary/aromatic N) is 2. The van der Waals surface area contributed by atoms with Crippen molar-refractivity contribution >= 4 is 22.4 Å². The predicted octanol–water partition coefficient (Wildman–Crippen LogP) is 3.84. The molecule has 1 unspecified atom stereocenters. The highest BCUT2D eigenvalue weighted by Gasteiger charge is 2.30. The second-order valence-corrected chi connectivity index (χ2v) is 5.45. The van der Waals surface area contributed by atoms with E-state index in [1.54, 1.807) is 13.8 Å². The lowest BCUT2D eigenvalue weighted by Crippen LogP contribution is -2.22. The molecule has 0 aromatic carbocycles. The Bertz CT molecular complexity index is 690. The molecule has 0 amide bonds. The summed E-state index contributed by atoms with van der Waals surface area (Å²) in [5.41, 5.74) is -0.743. The summed E-state index contributed by atoms with van der Waals surface area (Å²) in [6, 6.07) is 1.47. The summed E-state index contributed by atoms with van der Waals surface area (Å²) in [4.78, 5) is 7.73. The lowest BCUT2D eigenvalue weighted by Gasteiger charge is -2.24. The van der Waals surface area contributed by atoms with E-state index >= 15 is 0 Å². The number of hydrogen-bond acceptors (Lipinski definition) is 4. The largest absolute Gasteiger partial charge is 0.468 e. The maximum absolute atomic E-state index is 12.3. The Morgan fingerprint density at radius 2 is 1.91 bits per heavy atom. The Balaban J connectivity index is 2.56. The van der Waals surface area contributed by atoms with Gasteiger partial charge in [-0.2, -0.15) is 13.2 Å². The minimum Gasteiger partial charge on any atom is -0.468 e. The van der Waals surface area contributed by atoms with Crippen molar-refractivity contribution in [3.05, 3.63) is 29.2 Å². The summed E-state index contributed by atoms with van der Waals surface area (Å²) in [6.45, 7) is 1.91. The van der Waals surface area contributed by atoms with Crippen LogP contribution in [-0.4, -0.2) is 27.9 Å². The molecule has 0 aliphatic heterocycles. The van der Waals surface area contributed by atoms with Gasteiger partial charge in [0, 0.05) is 18.0 Å². The summed E-state index contributed by atoms with van der Waals surface area (Å²) >= 11 is 5.85. The second-order valence-electron chi connectivity index (χ2n) is 5.06. The van der Waals surface area contributed by atoms with E-state index in [-0.39, 0.29) is 16.4 Å². The third kappa shape index (κ3) is 3.59. The molecule has 8 heteroatoms. The monoisotopic (exact) mass is 334 g/mol. The first-order chi connectivity index (χ1) is 10.1. The van der Waals surface area contributed by atoms with Gasteiger partial charge in [0.1, 0.15) is 5.15 Å². The molecule has 1 atom stereocenters. The number of fused-ring (bicyclic) bond motifs is 1. The first-order valence-electron chi connectivity index (χ1n) is 6.50. The van der Waals surface area contributed by atoms with Crippen LogP contribution in [0.4, 0.5) is 13.2 Å². The van der Waals surface area contributed by atoms with Crippen LogP contribution >= 0.6 is 11.6 Å². The van der Waals surface area contributed by atoms with Gasteiger partial charge in [-0.1, -0.05) is 18.5 Å². The van der Waals surface area contributed by atoms with E-state index in [0.29, 0.717) is 17.4 Å². The number of ether oxygens (including phenoxy) is 1. The van der Waals surface area contributed by atoms with Crippen molar-refractivity contribution < 1.29 is 23.0 Å². The van der Waals surface area contributed by atoms with Crippen molar-refractivity contribution in [1.29, 1.82) is 0 Å². The molecule has 0 saturated heterocycles. The number of hydrogen-bond donors (Lipinski definition) is 1. The molecule has 2 aromatic heterocycles. The van der Waals surface area contributed by atoms with Crippen LogP contribution in [0.25, 0.3) is 10.8 Å². The Labute approximate surface area is 129 Å². The zero-order chi connectivity index (χ0) is 16.5. The fourth-order valence-corrected chi connectivity index (χ4v) is 2.13. The average molecular weight is 335 g/mol. The van der Waals surface area contributed by atoms with Gasteiger partial charge in [-0.05, 0) is 24.8 Å². The van der Waals surface area contributed by atoms with Crippen molar-refractivity contribution in [3.63, 3.8) is 0 Å². The Hall–Kier alpha value is -1.60. The highest BCUT2D eigenvalue weighted by molar-refractivity contribution is 6.30. The first-order valence-corrected chi connectivity index (χ1v) is 6.88. The van der Waals surface area contributed by atoms with E-state index in [1.807, 2.05) is 0 Å². The highest BCUT2D eigenvalue weighted by atomic mass is 35.5. The standard InChI is InChI=1S/C14H14ClF3N2O2/c1-3-13(2,21)10-6-20-12(22-7-14(16,17)18)9-5-19-11(15)4-8(9)10/h4-6,21H,3,7H2,1-2H3. The minimum atomic E-state index is -4.47. The zero-order valence-corrected chi connectivity index (χ0v) is 12.7. The van der Waals surface area contributed by atoms with Crippen LogP contribution in [0.1, 0.15) is 25.8 Å². The van der Waals surface area contributed by atoms with E-state index in [2.05, 4.69) is 9.97 Å². The van der Waals surface area contributed by atoms with Crippen LogP contribution in [-0.2, 0) is 5.60 Å². The molecular formula is C14H14ClF3N2O2. The Morgan fingerprint density at radius 1 is 1.23 bits per heavy atom. The van der Waals surface area contributed by atoms with Crippen LogP contribution in [0.3, 0.4) is 0 Å². The van der Waals surface area contributed by atoms with Gasteiger partial charge in [0.25, 0.3) is 0 Å². The normalized spacial score (nSPS) is 14.9. The molecule has 0 saturated carbocycles. The molecular weight excluding hydrogens is 321 g/mol. The summed E-state index contributed by atoms with van der Waals surface area (Å²) in [7, 11) is 0. The molecule has 0 bridgehead atoms. The molecule has 0 aliphatic rings. The molecule has 2 rings (SSSR count). The fraction of sp³-hybridized carbons (Fsp3) is 0.429. The molecule has 2 heterocycles. The van der Waals surface area contributed by atoms with E-state index in [0.717, 1.165) is 0 Å². The number of aliphatic hydroxyl groups is 1. The summed E-state index contributed by atoms with van der Waals surface area (Å²) in [5.74, 6) is -0.202. The molecule has 1 N–H and O–H groups in total. The van der Waals surface area contributed by atoms with Crippen LogP contribution in [0, 0.1) is 0 Å². The summed E-state index contributed by atoms with van der Waals surface area (Å²) < 4.78 is 41.6. The molecule has 2 aromatic rings. The molecule has 0 radical (unpaired) electrons. The lowest BCUT2D eigenvalue weighted by molar-refractivity contribution is -0.153. The second kappa shape index (κ2) is 5.89. The quantitative estimate of drug-likeness (QED) is 0.863. The van der Waals surface area contributed by atoms with Crippen molar-refractivity contribution in [3.8, 4) is 5.88 Å². The molecule has 0 aliphatic carbocycles. The minimum absolute atomic E-state index is 0.161. The average Bonchev–Trinajstić information content (AvgIpc) is 2.43. The van der Waals surface area contributed by atoms with Crippen molar-refractivity contribution in [1.82, 2.24) is 9.97 Å². The topological polar surface area (TPSA) is 55.2 Å². The molecule has 22 heavy (non-hydrogen) atoms. The van der Waals surface area contributed by atoms with Gasteiger partial charge in [0.2, 0.25) is 5.88 Å². The van der Waals surface area contributed by atoms with Crippen molar-refractivity contribution in [2.24, 2.45) is 0 Å². The number of pyridine rings is 2. The molecule has 4 nitrogen and oxygen atoms in total. The zero-order valence-electron chi connectivity index (χ0n) is 11.9. The van der Waals surface area contributed by atoms with E-state index < -0.39 is 18.4 Å². The van der Waals surface area contributed by atoms with Crippen LogP contribution in [0.15, 0.2) is 18.5 Å². The van der Waals surface area contributed by atoms with Gasteiger partial charge < -0.3 is 9.84 Å². The maximum Gasteiger partial charge on any atom is 0.422 e. The van der Waals surface area contributed by atoms with Crippen molar-refractivity contribution in [2.45, 2.75) is 32.0 Å². The van der Waals surface area contributed by atoms with Gasteiger partial charge in [-0.15, -0.1) is 0 Å². The smallest absolute Gasteiger partial charge is 0.422 e. The Morgan fingerprint density at radius 3 is 2.50 bits per heavy atom. The first kappa shape index (κ1) is 16.8.